The first-order valence-corrected chi connectivity index (χ1v) is 8.69. The summed E-state index contributed by atoms with van der Waals surface area (Å²) in [5.41, 5.74) is 3.62. The third-order valence-corrected chi connectivity index (χ3v) is 5.01. The van der Waals surface area contributed by atoms with Crippen molar-refractivity contribution < 1.29 is 14.6 Å². The Morgan fingerprint density at radius 2 is 2.00 bits per heavy atom. The maximum atomic E-state index is 11.2. The monoisotopic (exact) mass is 355 g/mol. The molecule has 1 atom stereocenters. The van der Waals surface area contributed by atoms with Crippen LogP contribution in [0.4, 0.5) is 5.69 Å². The molecule has 2 aromatic rings. The molecular formula is C20H21NO3S. The summed E-state index contributed by atoms with van der Waals surface area (Å²) in [4.78, 5) is 16.1. The Bertz CT molecular complexity index is 814. The molecule has 0 fully saturated rings. The lowest BCUT2D eigenvalue weighted by Crippen LogP contribution is -2.11. The minimum absolute atomic E-state index is 0.552. The molecule has 0 heterocycles. The third-order valence-electron chi connectivity index (χ3n) is 3.75. The number of carboxylic acid groups (broad SMARTS) is 1. The predicted molar refractivity (Wildman–Crippen MR) is 106 cm³/mol. The number of methoxy groups -OCH3 is 1. The van der Waals surface area contributed by atoms with Crippen molar-refractivity contribution in [3.8, 4) is 16.9 Å². The zero-order valence-electron chi connectivity index (χ0n) is 14.5. The van der Waals surface area contributed by atoms with Crippen molar-refractivity contribution in [1.82, 2.24) is 0 Å². The Morgan fingerprint density at radius 3 is 2.60 bits per heavy atom. The van der Waals surface area contributed by atoms with Gasteiger partial charge in [-0.1, -0.05) is 24.3 Å². The van der Waals surface area contributed by atoms with Gasteiger partial charge in [-0.3, -0.25) is 9.79 Å². The molecular weight excluding hydrogens is 334 g/mol. The second-order valence-electron chi connectivity index (χ2n) is 5.37. The first-order chi connectivity index (χ1) is 12.0. The maximum Gasteiger partial charge on any atom is 0.316 e. The SMILES string of the molecule is C=Nc1ccc(-c2cccc(OC)c2)cc1/C(=C\C)SC(C)C(=O)O. The Hall–Kier alpha value is -2.53. The standard InChI is InChI=1S/C20H21NO3S/c1-5-19(25-13(2)20(22)23)17-12-15(9-10-18(17)21-3)14-7-6-8-16(11-14)24-4/h5-13H,3H2,1-2,4H3,(H,22,23)/b19-5+. The van der Waals surface area contributed by atoms with Crippen LogP contribution in [-0.4, -0.2) is 30.2 Å². The molecule has 1 unspecified atom stereocenters. The van der Waals surface area contributed by atoms with Crippen molar-refractivity contribution >= 4 is 35.0 Å². The normalized spacial score (nSPS) is 12.5. The highest BCUT2D eigenvalue weighted by atomic mass is 32.2. The van der Waals surface area contributed by atoms with Gasteiger partial charge >= 0.3 is 5.97 Å². The van der Waals surface area contributed by atoms with Crippen LogP contribution in [0.15, 0.2) is 53.5 Å². The number of benzene rings is 2. The highest BCUT2D eigenvalue weighted by Gasteiger charge is 2.17. The highest BCUT2D eigenvalue weighted by molar-refractivity contribution is 8.09. The van der Waals surface area contributed by atoms with Crippen LogP contribution in [0.5, 0.6) is 5.75 Å². The van der Waals surface area contributed by atoms with E-state index >= 15 is 0 Å². The lowest BCUT2D eigenvalue weighted by Gasteiger charge is -2.14. The van der Waals surface area contributed by atoms with E-state index in [1.807, 2.05) is 55.5 Å². The number of aliphatic carboxylic acids is 1. The number of nitrogens with zero attached hydrogens (tertiary/aromatic N) is 1. The predicted octanol–water partition coefficient (Wildman–Crippen LogP) is 5.26. The molecule has 5 heteroatoms. The van der Waals surface area contributed by atoms with Crippen molar-refractivity contribution in [2.24, 2.45) is 4.99 Å². The highest BCUT2D eigenvalue weighted by Crippen LogP contribution is 2.39. The van der Waals surface area contributed by atoms with Gasteiger partial charge in [-0.2, -0.15) is 0 Å². The van der Waals surface area contributed by atoms with E-state index in [1.165, 1.54) is 11.8 Å². The van der Waals surface area contributed by atoms with Crippen LogP contribution in [-0.2, 0) is 4.79 Å². The summed E-state index contributed by atoms with van der Waals surface area (Å²) in [6.07, 6.45) is 1.91. The number of ether oxygens (including phenoxy) is 1. The average molecular weight is 355 g/mol. The minimum Gasteiger partial charge on any atom is -0.497 e. The van der Waals surface area contributed by atoms with Gasteiger partial charge in [-0.05, 0) is 56.0 Å². The van der Waals surface area contributed by atoms with Crippen molar-refractivity contribution in [2.75, 3.05) is 7.11 Å². The molecule has 4 nitrogen and oxygen atoms in total. The van der Waals surface area contributed by atoms with Crippen LogP contribution in [0.3, 0.4) is 0 Å². The van der Waals surface area contributed by atoms with Gasteiger partial charge in [0, 0.05) is 10.5 Å². The van der Waals surface area contributed by atoms with E-state index in [0.717, 1.165) is 33.0 Å². The summed E-state index contributed by atoms with van der Waals surface area (Å²) in [5, 5.41) is 8.64. The molecule has 1 N–H and O–H groups in total. The number of carbonyl (C=O) groups is 1. The largest absolute Gasteiger partial charge is 0.497 e. The van der Waals surface area contributed by atoms with Crippen LogP contribution in [0.1, 0.15) is 19.4 Å². The lowest BCUT2D eigenvalue weighted by atomic mass is 10.0. The Kier molecular flexibility index (Phi) is 6.42. The molecule has 0 saturated heterocycles. The Balaban J connectivity index is 2.49. The zero-order chi connectivity index (χ0) is 18.4. The molecule has 25 heavy (non-hydrogen) atoms. The molecule has 0 saturated carbocycles. The van der Waals surface area contributed by atoms with E-state index in [0.29, 0.717) is 0 Å². The number of aliphatic imine (C=N–C) groups is 1. The van der Waals surface area contributed by atoms with E-state index in [9.17, 15) is 9.90 Å². The quantitative estimate of drug-likeness (QED) is 0.688. The van der Waals surface area contributed by atoms with Crippen LogP contribution in [0.25, 0.3) is 16.0 Å². The lowest BCUT2D eigenvalue weighted by molar-refractivity contribution is -0.136. The summed E-state index contributed by atoms with van der Waals surface area (Å²) < 4.78 is 5.29. The second-order valence-corrected chi connectivity index (χ2v) is 6.76. The van der Waals surface area contributed by atoms with E-state index in [1.54, 1.807) is 14.0 Å². The van der Waals surface area contributed by atoms with Gasteiger partial charge in [0.05, 0.1) is 12.8 Å². The second kappa shape index (κ2) is 8.53. The summed E-state index contributed by atoms with van der Waals surface area (Å²) in [6, 6.07) is 13.7. The van der Waals surface area contributed by atoms with Crippen molar-refractivity contribution in [1.29, 1.82) is 0 Å². The summed E-state index contributed by atoms with van der Waals surface area (Å²) in [7, 11) is 1.64. The average Bonchev–Trinajstić information content (AvgIpc) is 2.65. The number of hydrogen-bond donors (Lipinski definition) is 1. The number of allylic oxidation sites excluding steroid dienone is 1. The topological polar surface area (TPSA) is 58.9 Å². The van der Waals surface area contributed by atoms with Gasteiger partial charge in [0.25, 0.3) is 0 Å². The van der Waals surface area contributed by atoms with E-state index in [2.05, 4.69) is 11.7 Å². The number of rotatable bonds is 7. The van der Waals surface area contributed by atoms with Gasteiger partial charge in [0.15, 0.2) is 0 Å². The molecule has 130 valence electrons. The molecule has 0 aromatic heterocycles. The van der Waals surface area contributed by atoms with Gasteiger partial charge in [0.2, 0.25) is 0 Å². The Morgan fingerprint density at radius 1 is 1.28 bits per heavy atom. The minimum atomic E-state index is -0.846. The molecule has 0 bridgehead atoms. The molecule has 0 amide bonds. The fourth-order valence-corrected chi connectivity index (χ4v) is 3.29. The van der Waals surface area contributed by atoms with E-state index in [4.69, 9.17) is 4.74 Å². The zero-order valence-corrected chi connectivity index (χ0v) is 15.3. The maximum absolute atomic E-state index is 11.2. The van der Waals surface area contributed by atoms with Gasteiger partial charge in [0.1, 0.15) is 11.0 Å². The third kappa shape index (κ3) is 4.51. The first kappa shape index (κ1) is 18.8. The van der Waals surface area contributed by atoms with Gasteiger partial charge in [-0.15, -0.1) is 11.8 Å². The van der Waals surface area contributed by atoms with E-state index in [-0.39, 0.29) is 0 Å². The molecule has 0 radical (unpaired) electrons. The molecule has 0 spiro atoms. The van der Waals surface area contributed by atoms with Crippen LogP contribution >= 0.6 is 11.8 Å². The van der Waals surface area contributed by atoms with Gasteiger partial charge < -0.3 is 9.84 Å². The molecule has 2 aromatic carbocycles. The van der Waals surface area contributed by atoms with Gasteiger partial charge in [-0.25, -0.2) is 0 Å². The van der Waals surface area contributed by atoms with Crippen molar-refractivity contribution in [2.45, 2.75) is 19.1 Å². The summed E-state index contributed by atoms with van der Waals surface area (Å²) >= 11 is 1.30. The van der Waals surface area contributed by atoms with Crippen LogP contribution < -0.4 is 4.74 Å². The summed E-state index contributed by atoms with van der Waals surface area (Å²) in [6.45, 7) is 7.19. The van der Waals surface area contributed by atoms with Crippen LogP contribution in [0.2, 0.25) is 0 Å². The molecule has 2 rings (SSSR count). The molecule has 0 aliphatic heterocycles. The van der Waals surface area contributed by atoms with E-state index < -0.39 is 11.2 Å². The fourth-order valence-electron chi connectivity index (χ4n) is 2.38. The Labute approximate surface area is 152 Å². The number of hydrogen-bond acceptors (Lipinski definition) is 4. The summed E-state index contributed by atoms with van der Waals surface area (Å²) in [5.74, 6) is -0.0634. The fraction of sp³-hybridized carbons (Fsp3) is 0.200. The van der Waals surface area contributed by atoms with Crippen molar-refractivity contribution in [3.05, 3.63) is 54.1 Å². The smallest absolute Gasteiger partial charge is 0.316 e. The molecule has 0 aliphatic carbocycles. The van der Waals surface area contributed by atoms with Crippen LogP contribution in [0, 0.1) is 0 Å². The molecule has 0 aliphatic rings. The first-order valence-electron chi connectivity index (χ1n) is 7.81. The number of carboxylic acids is 1. The van der Waals surface area contributed by atoms with Crippen molar-refractivity contribution in [3.63, 3.8) is 0 Å². The number of thioether (sulfide) groups is 1.